The van der Waals surface area contributed by atoms with Crippen LogP contribution in [0.2, 0.25) is 0 Å². The lowest BCUT2D eigenvalue weighted by molar-refractivity contribution is 0.445. The average Bonchev–Trinajstić information content (AvgIpc) is 2.57. The predicted molar refractivity (Wildman–Crippen MR) is 93.8 cm³/mol. The second-order valence-corrected chi connectivity index (χ2v) is 6.63. The highest BCUT2D eigenvalue weighted by Crippen LogP contribution is 2.47. The molecule has 2 aliphatic rings. The topological polar surface area (TPSA) is 29.3 Å². The van der Waals surface area contributed by atoms with E-state index in [1.807, 2.05) is 12.1 Å². The highest BCUT2D eigenvalue weighted by molar-refractivity contribution is 5.84. The van der Waals surface area contributed by atoms with E-state index in [9.17, 15) is 0 Å². The highest BCUT2D eigenvalue weighted by Gasteiger charge is 2.33. The predicted octanol–water partition coefficient (Wildman–Crippen LogP) is 4.39. The molecule has 0 amide bonds. The number of benzene rings is 2. The molecule has 1 aliphatic heterocycles. The Kier molecular flexibility index (Phi) is 3.00. The smallest absolute Gasteiger partial charge is 0.0476 e. The molecule has 1 atom stereocenters. The van der Waals surface area contributed by atoms with Gasteiger partial charge >= 0.3 is 0 Å². The minimum absolute atomic E-state index is 0.707. The zero-order valence-electron chi connectivity index (χ0n) is 13.3. The van der Waals surface area contributed by atoms with Crippen LogP contribution in [0.4, 0.5) is 11.4 Å². The molecular formula is C20H22N2. The van der Waals surface area contributed by atoms with Gasteiger partial charge in [-0.15, -0.1) is 0 Å². The quantitative estimate of drug-likeness (QED) is 0.789. The Balaban J connectivity index is 1.88. The number of fused-ring (bicyclic) bond motifs is 2. The number of aryl methyl sites for hydroxylation is 1. The maximum absolute atomic E-state index is 5.86. The first kappa shape index (κ1) is 13.4. The lowest BCUT2D eigenvalue weighted by Gasteiger charge is -2.33. The van der Waals surface area contributed by atoms with Crippen LogP contribution >= 0.6 is 0 Å². The van der Waals surface area contributed by atoms with Crippen molar-refractivity contribution < 1.29 is 0 Å². The molecular weight excluding hydrogens is 268 g/mol. The summed E-state index contributed by atoms with van der Waals surface area (Å²) in [6, 6.07) is 15.2. The number of nitrogens with two attached hydrogens (primary N) is 1. The summed E-state index contributed by atoms with van der Waals surface area (Å²) in [6.07, 6.45) is 3.71. The van der Waals surface area contributed by atoms with E-state index >= 15 is 0 Å². The monoisotopic (exact) mass is 290 g/mol. The van der Waals surface area contributed by atoms with Gasteiger partial charge in [-0.3, -0.25) is 0 Å². The number of hydrogen-bond donors (Lipinski definition) is 1. The van der Waals surface area contributed by atoms with Crippen LogP contribution in [0.1, 0.15) is 29.5 Å². The van der Waals surface area contributed by atoms with Gasteiger partial charge in [0, 0.05) is 24.1 Å². The largest absolute Gasteiger partial charge is 0.399 e. The molecule has 0 saturated heterocycles. The molecule has 1 heterocycles. The molecule has 2 nitrogen and oxygen atoms in total. The summed E-state index contributed by atoms with van der Waals surface area (Å²) in [6.45, 7) is 2.17. The highest BCUT2D eigenvalue weighted by atomic mass is 15.1. The van der Waals surface area contributed by atoms with Gasteiger partial charge in [0.15, 0.2) is 0 Å². The van der Waals surface area contributed by atoms with Crippen LogP contribution in [-0.4, -0.2) is 7.05 Å². The zero-order chi connectivity index (χ0) is 15.3. The van der Waals surface area contributed by atoms with Crippen LogP contribution in [0.25, 0.3) is 5.70 Å². The molecule has 1 unspecified atom stereocenters. The maximum Gasteiger partial charge on any atom is 0.0476 e. The third-order valence-electron chi connectivity index (χ3n) is 5.15. The van der Waals surface area contributed by atoms with Crippen molar-refractivity contribution in [3.05, 3.63) is 64.7 Å². The minimum Gasteiger partial charge on any atom is -0.399 e. The van der Waals surface area contributed by atoms with Gasteiger partial charge in [0.05, 0.1) is 0 Å². The van der Waals surface area contributed by atoms with Crippen molar-refractivity contribution in [1.82, 2.24) is 0 Å². The van der Waals surface area contributed by atoms with Gasteiger partial charge in [0.25, 0.3) is 0 Å². The number of nitrogen functional groups attached to an aromatic ring is 1. The van der Waals surface area contributed by atoms with E-state index in [0.29, 0.717) is 5.92 Å². The second kappa shape index (κ2) is 4.91. The standard InChI is InChI=1S/C20H22N2/c1-13-3-4-16-12-15-7-10-18(15)20(22(2)19(16)11-13)14-5-8-17(21)9-6-14/h3-6,8-9,11,15H,7,10,12,21H2,1-2H3. The SMILES string of the molecule is Cc1ccc2c(c1)N(C)C(c1ccc(N)cc1)=C1CCC1C2. The van der Waals surface area contributed by atoms with Crippen molar-refractivity contribution >= 4 is 17.1 Å². The first-order valence-electron chi connectivity index (χ1n) is 8.05. The first-order chi connectivity index (χ1) is 10.6. The number of allylic oxidation sites excluding steroid dienone is 1. The first-order valence-corrected chi connectivity index (χ1v) is 8.05. The number of anilines is 2. The fourth-order valence-electron chi connectivity index (χ4n) is 3.81. The summed E-state index contributed by atoms with van der Waals surface area (Å²) in [5.41, 5.74) is 15.1. The van der Waals surface area contributed by atoms with E-state index < -0.39 is 0 Å². The molecule has 0 bridgehead atoms. The van der Waals surface area contributed by atoms with E-state index in [1.54, 1.807) is 5.57 Å². The van der Waals surface area contributed by atoms with E-state index in [-0.39, 0.29) is 0 Å². The van der Waals surface area contributed by atoms with Crippen molar-refractivity contribution in [2.45, 2.75) is 26.2 Å². The van der Waals surface area contributed by atoms with Gasteiger partial charge in [0.2, 0.25) is 0 Å². The van der Waals surface area contributed by atoms with E-state index in [1.165, 1.54) is 47.3 Å². The number of nitrogens with zero attached hydrogens (tertiary/aromatic N) is 1. The Hall–Kier alpha value is -2.22. The molecule has 1 saturated carbocycles. The molecule has 2 aromatic rings. The third-order valence-corrected chi connectivity index (χ3v) is 5.15. The van der Waals surface area contributed by atoms with Gasteiger partial charge in [-0.25, -0.2) is 0 Å². The zero-order valence-corrected chi connectivity index (χ0v) is 13.3. The number of hydrogen-bond acceptors (Lipinski definition) is 2. The molecule has 2 aromatic carbocycles. The van der Waals surface area contributed by atoms with Crippen molar-refractivity contribution in [3.8, 4) is 0 Å². The van der Waals surface area contributed by atoms with Crippen molar-refractivity contribution in [2.24, 2.45) is 5.92 Å². The van der Waals surface area contributed by atoms with Crippen LogP contribution in [0.3, 0.4) is 0 Å². The minimum atomic E-state index is 0.707. The van der Waals surface area contributed by atoms with Crippen LogP contribution in [-0.2, 0) is 6.42 Å². The van der Waals surface area contributed by atoms with Crippen LogP contribution in [0.5, 0.6) is 0 Å². The molecule has 22 heavy (non-hydrogen) atoms. The Bertz CT molecular complexity index is 756. The van der Waals surface area contributed by atoms with Gasteiger partial charge in [-0.05, 0) is 72.6 Å². The Morgan fingerprint density at radius 2 is 1.86 bits per heavy atom. The molecule has 0 aromatic heterocycles. The molecule has 2 heteroatoms. The van der Waals surface area contributed by atoms with Crippen LogP contribution < -0.4 is 10.6 Å². The van der Waals surface area contributed by atoms with E-state index in [2.05, 4.69) is 49.2 Å². The fraction of sp³-hybridized carbons (Fsp3) is 0.300. The van der Waals surface area contributed by atoms with E-state index in [0.717, 1.165) is 5.69 Å². The molecule has 1 aliphatic carbocycles. The van der Waals surface area contributed by atoms with E-state index in [4.69, 9.17) is 5.73 Å². The summed E-state index contributed by atoms with van der Waals surface area (Å²) in [4.78, 5) is 2.39. The van der Waals surface area contributed by atoms with Crippen molar-refractivity contribution in [1.29, 1.82) is 0 Å². The number of rotatable bonds is 1. The summed E-state index contributed by atoms with van der Waals surface area (Å²) in [5.74, 6) is 0.707. The Labute approximate surface area is 132 Å². The lowest BCUT2D eigenvalue weighted by Crippen LogP contribution is -2.22. The van der Waals surface area contributed by atoms with Gasteiger partial charge in [-0.2, -0.15) is 0 Å². The van der Waals surface area contributed by atoms with Crippen LogP contribution in [0, 0.1) is 12.8 Å². The van der Waals surface area contributed by atoms with Crippen LogP contribution in [0.15, 0.2) is 48.0 Å². The summed E-state index contributed by atoms with van der Waals surface area (Å²) < 4.78 is 0. The molecule has 1 fully saturated rings. The second-order valence-electron chi connectivity index (χ2n) is 6.63. The summed E-state index contributed by atoms with van der Waals surface area (Å²) >= 11 is 0. The molecule has 0 radical (unpaired) electrons. The molecule has 112 valence electrons. The fourth-order valence-corrected chi connectivity index (χ4v) is 3.81. The van der Waals surface area contributed by atoms with Gasteiger partial charge < -0.3 is 10.6 Å². The normalized spacial score (nSPS) is 20.1. The van der Waals surface area contributed by atoms with Crippen molar-refractivity contribution in [3.63, 3.8) is 0 Å². The van der Waals surface area contributed by atoms with Crippen molar-refractivity contribution in [2.75, 3.05) is 17.7 Å². The molecule has 0 spiro atoms. The molecule has 2 N–H and O–H groups in total. The Morgan fingerprint density at radius 3 is 2.55 bits per heavy atom. The van der Waals surface area contributed by atoms with Gasteiger partial charge in [0.1, 0.15) is 0 Å². The van der Waals surface area contributed by atoms with Gasteiger partial charge in [-0.1, -0.05) is 24.3 Å². The Morgan fingerprint density at radius 1 is 1.09 bits per heavy atom. The summed E-state index contributed by atoms with van der Waals surface area (Å²) in [5, 5.41) is 0. The lowest BCUT2D eigenvalue weighted by atomic mass is 9.74. The maximum atomic E-state index is 5.86. The summed E-state index contributed by atoms with van der Waals surface area (Å²) in [7, 11) is 2.21. The molecule has 4 rings (SSSR count). The third kappa shape index (κ3) is 2.02. The average molecular weight is 290 g/mol.